The van der Waals surface area contributed by atoms with Crippen LogP contribution in [-0.2, 0) is 0 Å². The third-order valence-corrected chi connectivity index (χ3v) is 5.47. The maximum absolute atomic E-state index is 12.7. The minimum Gasteiger partial charge on any atom is -0.282 e. The van der Waals surface area contributed by atoms with Crippen molar-refractivity contribution < 1.29 is 4.79 Å². The lowest BCUT2D eigenvalue weighted by Gasteiger charge is -2.26. The first-order chi connectivity index (χ1) is 14.1. The summed E-state index contributed by atoms with van der Waals surface area (Å²) in [6.07, 6.45) is 5.00. The summed E-state index contributed by atoms with van der Waals surface area (Å²) in [6.45, 7) is 1.68. The molecule has 3 aromatic rings. The molecule has 0 atom stereocenters. The normalized spacial score (nSPS) is 14.6. The number of piperidine rings is 1. The van der Waals surface area contributed by atoms with Crippen molar-refractivity contribution in [2.24, 2.45) is 0 Å². The molecule has 1 aliphatic heterocycles. The first-order valence-electron chi connectivity index (χ1n) is 9.55. The van der Waals surface area contributed by atoms with Gasteiger partial charge in [-0.3, -0.25) is 10.2 Å². The molecule has 1 aliphatic rings. The van der Waals surface area contributed by atoms with Gasteiger partial charge < -0.3 is 0 Å². The maximum atomic E-state index is 12.7. The molecule has 0 spiro atoms. The number of benzene rings is 2. The highest BCUT2D eigenvalue weighted by Gasteiger charge is 2.20. The summed E-state index contributed by atoms with van der Waals surface area (Å²) in [5, 5.41) is 3.13. The van der Waals surface area contributed by atoms with Gasteiger partial charge in [0.15, 0.2) is 0 Å². The fraction of sp³-hybridized carbons (Fsp3) is 0.227. The summed E-state index contributed by atoms with van der Waals surface area (Å²) in [7, 11) is 0. The van der Waals surface area contributed by atoms with Crippen LogP contribution in [0.5, 0.6) is 0 Å². The van der Waals surface area contributed by atoms with Crippen LogP contribution < -0.4 is 5.43 Å². The van der Waals surface area contributed by atoms with Crippen LogP contribution >= 0.6 is 23.2 Å². The maximum Gasteiger partial charge on any atom is 0.303 e. The Morgan fingerprint density at radius 3 is 2.38 bits per heavy atom. The third-order valence-electron chi connectivity index (χ3n) is 4.89. The first-order valence-corrected chi connectivity index (χ1v) is 10.3. The van der Waals surface area contributed by atoms with Gasteiger partial charge in [-0.05, 0) is 36.6 Å². The number of amides is 1. The molecule has 0 bridgehead atoms. The summed E-state index contributed by atoms with van der Waals surface area (Å²) in [5.74, 6) is -0.203. The van der Waals surface area contributed by atoms with Crippen molar-refractivity contribution >= 4 is 29.1 Å². The molecule has 0 radical (unpaired) electrons. The molecule has 2 aromatic carbocycles. The SMILES string of the molecule is O=C(NN1CCCCC1)c1ncc(-c2ccc(Cl)cc2)c(-c2ccccc2Cl)n1. The number of halogens is 2. The molecule has 148 valence electrons. The molecule has 2 heterocycles. The zero-order chi connectivity index (χ0) is 20.2. The Hall–Kier alpha value is -2.47. The number of carbonyl (C=O) groups excluding carboxylic acids is 1. The number of hydrogen-bond donors (Lipinski definition) is 1. The van der Waals surface area contributed by atoms with Crippen molar-refractivity contribution in [3.8, 4) is 22.4 Å². The van der Waals surface area contributed by atoms with Gasteiger partial charge in [-0.2, -0.15) is 0 Å². The average Bonchev–Trinajstić information content (AvgIpc) is 2.75. The Morgan fingerprint density at radius 1 is 0.931 bits per heavy atom. The van der Waals surface area contributed by atoms with Crippen LogP contribution in [-0.4, -0.2) is 34.0 Å². The molecule has 0 unspecified atom stereocenters. The van der Waals surface area contributed by atoms with Crippen molar-refractivity contribution in [1.82, 2.24) is 20.4 Å². The number of nitrogens with zero attached hydrogens (tertiary/aromatic N) is 3. The summed E-state index contributed by atoms with van der Waals surface area (Å²) in [5.41, 5.74) is 5.94. The third kappa shape index (κ3) is 4.58. The van der Waals surface area contributed by atoms with E-state index in [0.29, 0.717) is 15.7 Å². The van der Waals surface area contributed by atoms with Crippen molar-refractivity contribution in [3.05, 3.63) is 70.6 Å². The van der Waals surface area contributed by atoms with E-state index in [0.717, 1.165) is 42.6 Å². The second-order valence-corrected chi connectivity index (χ2v) is 7.77. The second kappa shape index (κ2) is 8.91. The molecular weight excluding hydrogens is 407 g/mol. The van der Waals surface area contributed by atoms with Crippen LogP contribution in [0.3, 0.4) is 0 Å². The van der Waals surface area contributed by atoms with E-state index >= 15 is 0 Å². The molecule has 1 aromatic heterocycles. The molecule has 1 N–H and O–H groups in total. The minimum absolute atomic E-state index is 0.114. The number of carbonyl (C=O) groups is 1. The summed E-state index contributed by atoms with van der Waals surface area (Å²) >= 11 is 12.5. The highest BCUT2D eigenvalue weighted by Crippen LogP contribution is 2.34. The fourth-order valence-electron chi connectivity index (χ4n) is 3.39. The lowest BCUT2D eigenvalue weighted by Crippen LogP contribution is -2.45. The van der Waals surface area contributed by atoms with Crippen LogP contribution in [0.2, 0.25) is 10.0 Å². The predicted octanol–water partition coefficient (Wildman–Crippen LogP) is 5.25. The Kier molecular flexibility index (Phi) is 6.09. The molecule has 7 heteroatoms. The Bertz CT molecular complexity index is 1020. The quantitative estimate of drug-likeness (QED) is 0.618. The van der Waals surface area contributed by atoms with Gasteiger partial charge in [0.1, 0.15) is 0 Å². The average molecular weight is 427 g/mol. The molecule has 1 amide bonds. The topological polar surface area (TPSA) is 58.1 Å². The molecule has 29 heavy (non-hydrogen) atoms. The molecule has 1 saturated heterocycles. The van der Waals surface area contributed by atoms with Gasteiger partial charge in [0.2, 0.25) is 5.82 Å². The number of rotatable bonds is 4. The number of hydrogen-bond acceptors (Lipinski definition) is 4. The van der Waals surface area contributed by atoms with Gasteiger partial charge >= 0.3 is 5.91 Å². The van der Waals surface area contributed by atoms with Gasteiger partial charge in [0.25, 0.3) is 0 Å². The van der Waals surface area contributed by atoms with Crippen LogP contribution in [0, 0.1) is 0 Å². The molecule has 0 aliphatic carbocycles. The van der Waals surface area contributed by atoms with Gasteiger partial charge in [-0.15, -0.1) is 0 Å². The second-order valence-electron chi connectivity index (χ2n) is 6.93. The number of nitrogens with one attached hydrogen (secondary N) is 1. The van der Waals surface area contributed by atoms with Crippen LogP contribution in [0.4, 0.5) is 0 Å². The highest BCUT2D eigenvalue weighted by atomic mass is 35.5. The van der Waals surface area contributed by atoms with Crippen LogP contribution in [0.25, 0.3) is 22.4 Å². The van der Waals surface area contributed by atoms with E-state index in [1.165, 1.54) is 6.42 Å². The fourth-order valence-corrected chi connectivity index (χ4v) is 3.74. The van der Waals surface area contributed by atoms with Gasteiger partial charge in [-0.25, -0.2) is 15.0 Å². The van der Waals surface area contributed by atoms with E-state index in [1.54, 1.807) is 12.3 Å². The van der Waals surface area contributed by atoms with Gasteiger partial charge in [-0.1, -0.05) is 60.0 Å². The monoisotopic (exact) mass is 426 g/mol. The Morgan fingerprint density at radius 2 is 1.66 bits per heavy atom. The van der Waals surface area contributed by atoms with E-state index < -0.39 is 0 Å². The standard InChI is InChI=1S/C22H20Cl2N4O/c23-16-10-8-15(9-11-16)18-14-25-21(22(29)27-28-12-4-1-5-13-28)26-20(18)17-6-2-3-7-19(17)24/h2-3,6-11,14H,1,4-5,12-13H2,(H,27,29). The predicted molar refractivity (Wildman–Crippen MR) is 116 cm³/mol. The van der Waals surface area contributed by atoms with E-state index in [1.807, 2.05) is 47.5 Å². The Labute approximate surface area is 179 Å². The van der Waals surface area contributed by atoms with Crippen LogP contribution in [0.1, 0.15) is 29.9 Å². The summed E-state index contributed by atoms with van der Waals surface area (Å²) < 4.78 is 0. The first kappa shape index (κ1) is 19.8. The van der Waals surface area contributed by atoms with E-state index in [9.17, 15) is 4.79 Å². The summed E-state index contributed by atoms with van der Waals surface area (Å²) in [4.78, 5) is 21.7. The van der Waals surface area contributed by atoms with Crippen LogP contribution in [0.15, 0.2) is 54.7 Å². The molecule has 1 fully saturated rings. The lowest BCUT2D eigenvalue weighted by atomic mass is 10.0. The molecular formula is C22H20Cl2N4O. The molecule has 5 nitrogen and oxygen atoms in total. The number of aromatic nitrogens is 2. The van der Waals surface area contributed by atoms with Gasteiger partial charge in [0.05, 0.1) is 5.69 Å². The van der Waals surface area contributed by atoms with E-state index in [2.05, 4.69) is 15.4 Å². The smallest absolute Gasteiger partial charge is 0.282 e. The van der Waals surface area contributed by atoms with Crippen molar-refractivity contribution in [2.45, 2.75) is 19.3 Å². The zero-order valence-corrected chi connectivity index (χ0v) is 17.2. The van der Waals surface area contributed by atoms with Crippen molar-refractivity contribution in [2.75, 3.05) is 13.1 Å². The Balaban J connectivity index is 1.74. The number of hydrazine groups is 1. The highest BCUT2D eigenvalue weighted by molar-refractivity contribution is 6.33. The lowest BCUT2D eigenvalue weighted by molar-refractivity contribution is 0.0739. The molecule has 4 rings (SSSR count). The van der Waals surface area contributed by atoms with E-state index in [4.69, 9.17) is 23.2 Å². The summed E-state index contributed by atoms with van der Waals surface area (Å²) in [6, 6.07) is 14.9. The minimum atomic E-state index is -0.317. The zero-order valence-electron chi connectivity index (χ0n) is 15.7. The largest absolute Gasteiger partial charge is 0.303 e. The van der Waals surface area contributed by atoms with Crippen molar-refractivity contribution in [3.63, 3.8) is 0 Å². The molecule has 0 saturated carbocycles. The van der Waals surface area contributed by atoms with E-state index in [-0.39, 0.29) is 11.7 Å². The van der Waals surface area contributed by atoms with Gasteiger partial charge in [0, 0.05) is 40.5 Å². The van der Waals surface area contributed by atoms with Crippen molar-refractivity contribution in [1.29, 1.82) is 0 Å².